The van der Waals surface area contributed by atoms with Gasteiger partial charge < -0.3 is 34.3 Å². The molecule has 284 valence electrons. The molecule has 0 aromatic carbocycles. The van der Waals surface area contributed by atoms with E-state index >= 15 is 0 Å². The van der Waals surface area contributed by atoms with Crippen LogP contribution in [0.1, 0.15) is 90.9 Å². The summed E-state index contributed by atoms with van der Waals surface area (Å²) in [6.07, 6.45) is 23.1. The van der Waals surface area contributed by atoms with E-state index in [0.717, 1.165) is 51.4 Å². The highest BCUT2D eigenvalue weighted by Gasteiger charge is 2.46. The summed E-state index contributed by atoms with van der Waals surface area (Å²) in [5.74, 6) is -2.18. The maximum Gasteiger partial charge on any atom is 0.309 e. The van der Waals surface area contributed by atoms with E-state index in [-0.39, 0.29) is 19.4 Å². The van der Waals surface area contributed by atoms with Crippen molar-refractivity contribution in [3.8, 4) is 0 Å². The first-order valence-electron chi connectivity index (χ1n) is 17.5. The van der Waals surface area contributed by atoms with Gasteiger partial charge in [0.15, 0.2) is 12.4 Å². The Balaban J connectivity index is 2.63. The lowest BCUT2D eigenvalue weighted by atomic mass is 10.00. The highest BCUT2D eigenvalue weighted by Crippen LogP contribution is 2.23. The van der Waals surface area contributed by atoms with Gasteiger partial charge in [-0.15, -0.1) is 0 Å². The van der Waals surface area contributed by atoms with E-state index < -0.39 is 71.2 Å². The van der Waals surface area contributed by atoms with Gasteiger partial charge in [-0.05, 0) is 44.9 Å². The van der Waals surface area contributed by atoms with Crippen LogP contribution in [0.3, 0.4) is 0 Å². The summed E-state index contributed by atoms with van der Waals surface area (Å²) < 4.78 is 53.5. The molecule has 0 amide bonds. The van der Waals surface area contributed by atoms with Crippen LogP contribution >= 0.6 is 0 Å². The van der Waals surface area contributed by atoms with E-state index in [1.807, 2.05) is 42.5 Å². The first-order chi connectivity index (χ1) is 24.0. The summed E-state index contributed by atoms with van der Waals surface area (Å²) in [6, 6.07) is 0. The average molecular weight is 727 g/mol. The van der Waals surface area contributed by atoms with Crippen molar-refractivity contribution in [3.05, 3.63) is 72.9 Å². The second-order valence-corrected chi connectivity index (χ2v) is 13.3. The van der Waals surface area contributed by atoms with E-state index in [2.05, 4.69) is 38.2 Å². The molecule has 0 aliphatic carbocycles. The molecule has 3 unspecified atom stereocenters. The molecule has 1 aliphatic rings. The summed E-state index contributed by atoms with van der Waals surface area (Å²) in [7, 11) is -4.61. The van der Waals surface area contributed by atoms with Crippen molar-refractivity contribution in [2.45, 2.75) is 128 Å². The Kier molecular flexibility index (Phi) is 25.1. The molecule has 0 spiro atoms. The Bertz CT molecular complexity index is 1220. The lowest BCUT2D eigenvalue weighted by Gasteiger charge is -2.40. The van der Waals surface area contributed by atoms with E-state index in [4.69, 9.17) is 18.9 Å². The maximum atomic E-state index is 12.7. The fraction of sp³-hybridized carbons (Fsp3) is 0.622. The van der Waals surface area contributed by atoms with Crippen LogP contribution in [0.25, 0.3) is 0 Å². The third-order valence-electron chi connectivity index (χ3n) is 7.38. The third-order valence-corrected chi connectivity index (χ3v) is 8.13. The zero-order valence-electron chi connectivity index (χ0n) is 29.5. The van der Waals surface area contributed by atoms with Gasteiger partial charge in [-0.3, -0.25) is 14.1 Å². The summed E-state index contributed by atoms with van der Waals surface area (Å²) >= 11 is 0. The Morgan fingerprint density at radius 1 is 0.720 bits per heavy atom. The van der Waals surface area contributed by atoms with Gasteiger partial charge in [0, 0.05) is 6.42 Å². The van der Waals surface area contributed by atoms with Crippen molar-refractivity contribution >= 4 is 22.1 Å². The first kappa shape index (κ1) is 45.1. The molecular formula is C37H58O12S. The fourth-order valence-electron chi connectivity index (χ4n) is 4.68. The van der Waals surface area contributed by atoms with Gasteiger partial charge in [-0.1, -0.05) is 106 Å². The molecule has 4 N–H and O–H groups in total. The summed E-state index contributed by atoms with van der Waals surface area (Å²) in [6.45, 7) is 3.33. The van der Waals surface area contributed by atoms with Crippen LogP contribution in [0, 0.1) is 0 Å². The number of hydrogen-bond donors (Lipinski definition) is 4. The number of carbonyl (C=O) groups excluding carboxylic acids is 2. The quantitative estimate of drug-likeness (QED) is 0.0300. The molecule has 1 aliphatic heterocycles. The largest absolute Gasteiger partial charge is 0.461 e. The average Bonchev–Trinajstić information content (AvgIpc) is 3.07. The van der Waals surface area contributed by atoms with Gasteiger partial charge in [0.05, 0.1) is 13.0 Å². The predicted molar refractivity (Wildman–Crippen MR) is 191 cm³/mol. The molecule has 50 heavy (non-hydrogen) atoms. The second-order valence-electron chi connectivity index (χ2n) is 11.8. The summed E-state index contributed by atoms with van der Waals surface area (Å²) in [5, 5.41) is 30.6. The van der Waals surface area contributed by atoms with Crippen LogP contribution in [0.4, 0.5) is 0 Å². The third kappa shape index (κ3) is 22.7. The van der Waals surface area contributed by atoms with Crippen LogP contribution in [-0.4, -0.2) is 96.0 Å². The van der Waals surface area contributed by atoms with Gasteiger partial charge in [0.1, 0.15) is 36.8 Å². The fourth-order valence-corrected chi connectivity index (χ4v) is 5.37. The van der Waals surface area contributed by atoms with E-state index in [9.17, 15) is 37.9 Å². The molecule has 1 saturated heterocycles. The second kappa shape index (κ2) is 27.8. The van der Waals surface area contributed by atoms with Crippen LogP contribution in [0.2, 0.25) is 0 Å². The first-order valence-corrected chi connectivity index (χ1v) is 19.1. The summed E-state index contributed by atoms with van der Waals surface area (Å²) in [5.41, 5.74) is 0. The number of aliphatic hydroxyl groups excluding tert-OH is 3. The molecule has 1 rings (SSSR count). The summed E-state index contributed by atoms with van der Waals surface area (Å²) in [4.78, 5) is 25.0. The smallest absolute Gasteiger partial charge is 0.309 e. The SMILES string of the molecule is CC/C=C/C=C/C=C/CCCCCCCC(=O)OC(COC(=O)C/C=C/C/C=C/C/C=C/CC)CO[C@H]1O[C@H](CS(=O)(=O)O)[C@@H](O)C(O)C1O. The molecule has 0 saturated carbocycles. The predicted octanol–water partition coefficient (Wildman–Crippen LogP) is 5.21. The molecular weight excluding hydrogens is 668 g/mol. The minimum atomic E-state index is -4.61. The van der Waals surface area contributed by atoms with Crippen molar-refractivity contribution in [1.29, 1.82) is 0 Å². The van der Waals surface area contributed by atoms with Crippen LogP contribution < -0.4 is 0 Å². The number of carbonyl (C=O) groups is 2. The number of ether oxygens (including phenoxy) is 4. The number of hydrogen-bond acceptors (Lipinski definition) is 11. The topological polar surface area (TPSA) is 186 Å². The minimum absolute atomic E-state index is 0.0141. The van der Waals surface area contributed by atoms with E-state index in [1.54, 1.807) is 6.08 Å². The maximum absolute atomic E-state index is 12.7. The minimum Gasteiger partial charge on any atom is -0.461 e. The van der Waals surface area contributed by atoms with Gasteiger partial charge in [-0.2, -0.15) is 8.42 Å². The Labute approximate surface area is 298 Å². The van der Waals surface area contributed by atoms with Crippen molar-refractivity contribution in [2.75, 3.05) is 19.0 Å². The zero-order valence-corrected chi connectivity index (χ0v) is 30.3. The number of allylic oxidation sites excluding steroid dienone is 11. The van der Waals surface area contributed by atoms with Crippen molar-refractivity contribution in [3.63, 3.8) is 0 Å². The van der Waals surface area contributed by atoms with Crippen LogP contribution in [0.5, 0.6) is 0 Å². The van der Waals surface area contributed by atoms with Crippen LogP contribution in [0.15, 0.2) is 72.9 Å². The van der Waals surface area contributed by atoms with Crippen LogP contribution in [-0.2, 0) is 38.7 Å². The number of aliphatic hydroxyl groups is 3. The molecule has 0 aromatic rings. The van der Waals surface area contributed by atoms with E-state index in [0.29, 0.717) is 12.8 Å². The monoisotopic (exact) mass is 726 g/mol. The van der Waals surface area contributed by atoms with Gasteiger partial charge in [0.25, 0.3) is 10.1 Å². The molecule has 6 atom stereocenters. The van der Waals surface area contributed by atoms with E-state index in [1.165, 1.54) is 0 Å². The lowest BCUT2D eigenvalue weighted by Crippen LogP contribution is -2.60. The molecule has 1 fully saturated rings. The molecule has 0 bridgehead atoms. The number of rotatable bonds is 26. The highest BCUT2D eigenvalue weighted by atomic mass is 32.2. The Hall–Kier alpha value is -2.91. The standard InChI is InChI=1S/C37H58O12S/c1-3-5-7-9-11-13-14-15-16-18-20-22-24-26-33(39)48-30(27-46-32(38)25-23-21-19-17-12-10-8-6-4-2)28-47-37-36(42)35(41)34(40)31(49-37)29-50(43,44)45/h5-9,11-14,17,21,23,30-31,34-37,40-42H,3-4,10,15-16,18-20,22,24-29H2,1-2H3,(H,43,44,45)/b7-5+,8-6+,11-9+,14-13+,17-12+,23-21+/t30?,31-,34-,35?,36?,37+/m1/s1. The number of unbranched alkanes of at least 4 members (excludes halogenated alkanes) is 5. The molecule has 12 nitrogen and oxygen atoms in total. The zero-order chi connectivity index (χ0) is 37.0. The molecule has 0 radical (unpaired) electrons. The van der Waals surface area contributed by atoms with Crippen molar-refractivity contribution in [2.24, 2.45) is 0 Å². The highest BCUT2D eigenvalue weighted by molar-refractivity contribution is 7.85. The Morgan fingerprint density at radius 3 is 2.02 bits per heavy atom. The van der Waals surface area contributed by atoms with Gasteiger partial charge in [0.2, 0.25) is 0 Å². The van der Waals surface area contributed by atoms with Gasteiger partial charge in [-0.25, -0.2) is 0 Å². The lowest BCUT2D eigenvalue weighted by molar-refractivity contribution is -0.297. The molecule has 1 heterocycles. The van der Waals surface area contributed by atoms with Gasteiger partial charge >= 0.3 is 11.9 Å². The molecule has 0 aromatic heterocycles. The molecule has 13 heteroatoms. The van der Waals surface area contributed by atoms with Crippen molar-refractivity contribution in [1.82, 2.24) is 0 Å². The number of esters is 2. The van der Waals surface area contributed by atoms with Crippen molar-refractivity contribution < 1.29 is 56.8 Å². The normalized spacial score (nSPS) is 22.6. The Morgan fingerprint density at radius 2 is 1.34 bits per heavy atom.